The molecule has 2 unspecified atom stereocenters. The first-order valence-electron chi connectivity index (χ1n) is 18.2. The standard InChI is InChI=1S/C43H56N4O4/c1-27-28(2)40(48)45(9)25-36(27)33-20-38(50-10)37(39(21-33)51-11)26-46-16-14-31(22-43(46,7)8)18-30-12-13-32-15-17-47(29(3)35(32)19-30)41(49)34(24-44)23-42(4,5)6/h12-13,19-21,23,25,29,31H,14-18,22,26H2,1-11H3/b34-23+. The molecule has 2 aromatic carbocycles. The minimum absolute atomic E-state index is 0.0107. The molecule has 2 atom stereocenters. The molecule has 1 aromatic heterocycles. The van der Waals surface area contributed by atoms with Crippen LogP contribution in [0, 0.1) is 36.5 Å². The molecule has 272 valence electrons. The molecule has 3 aromatic rings. The van der Waals surface area contributed by atoms with Gasteiger partial charge in [-0.2, -0.15) is 5.26 Å². The summed E-state index contributed by atoms with van der Waals surface area (Å²) in [5, 5.41) is 9.79. The Morgan fingerprint density at radius 1 is 1.06 bits per heavy atom. The van der Waals surface area contributed by atoms with Crippen molar-refractivity contribution < 1.29 is 14.3 Å². The number of piperidine rings is 1. The molecular formula is C43H56N4O4. The molecule has 2 aliphatic rings. The summed E-state index contributed by atoms with van der Waals surface area (Å²) in [6, 6.07) is 13.0. The number of aryl methyl sites for hydroxylation is 1. The molecule has 0 bridgehead atoms. The van der Waals surface area contributed by atoms with Crippen molar-refractivity contribution >= 4 is 5.91 Å². The minimum Gasteiger partial charge on any atom is -0.496 e. The lowest BCUT2D eigenvalue weighted by molar-refractivity contribution is -0.129. The molecule has 0 saturated carbocycles. The van der Waals surface area contributed by atoms with Crippen molar-refractivity contribution in [1.82, 2.24) is 14.4 Å². The van der Waals surface area contributed by atoms with Gasteiger partial charge in [0.25, 0.3) is 11.5 Å². The van der Waals surface area contributed by atoms with Gasteiger partial charge in [-0.1, -0.05) is 45.0 Å². The second kappa shape index (κ2) is 14.7. The monoisotopic (exact) mass is 692 g/mol. The zero-order valence-electron chi connectivity index (χ0n) is 32.6. The van der Waals surface area contributed by atoms with Gasteiger partial charge in [-0.05, 0) is 118 Å². The Morgan fingerprint density at radius 3 is 2.31 bits per heavy atom. The van der Waals surface area contributed by atoms with Crippen molar-refractivity contribution in [3.05, 3.63) is 91.9 Å². The van der Waals surface area contributed by atoms with Crippen LogP contribution in [0.1, 0.15) is 93.8 Å². The normalized spacial score (nSPS) is 19.3. The molecule has 0 aliphatic carbocycles. The summed E-state index contributed by atoms with van der Waals surface area (Å²) in [5.41, 5.74) is 8.38. The van der Waals surface area contributed by atoms with Crippen molar-refractivity contribution in [2.45, 2.75) is 99.2 Å². The van der Waals surface area contributed by atoms with Gasteiger partial charge in [-0.3, -0.25) is 14.5 Å². The molecule has 1 fully saturated rings. The maximum absolute atomic E-state index is 13.5. The molecule has 51 heavy (non-hydrogen) atoms. The maximum Gasteiger partial charge on any atom is 0.264 e. The van der Waals surface area contributed by atoms with E-state index in [9.17, 15) is 14.9 Å². The second-order valence-corrected chi connectivity index (χ2v) is 16.4. The zero-order valence-corrected chi connectivity index (χ0v) is 32.6. The number of carbonyl (C=O) groups is 1. The number of likely N-dealkylation sites (tertiary alicyclic amines) is 1. The van der Waals surface area contributed by atoms with Crippen LogP contribution in [-0.2, 0) is 31.2 Å². The van der Waals surface area contributed by atoms with E-state index >= 15 is 0 Å². The highest BCUT2D eigenvalue weighted by Crippen LogP contribution is 2.41. The lowest BCUT2D eigenvalue weighted by atomic mass is 9.78. The average Bonchev–Trinajstić information content (AvgIpc) is 3.08. The Balaban J connectivity index is 1.32. The predicted octanol–water partition coefficient (Wildman–Crippen LogP) is 7.86. The van der Waals surface area contributed by atoms with Crippen LogP contribution in [0.3, 0.4) is 0 Å². The summed E-state index contributed by atoms with van der Waals surface area (Å²) >= 11 is 0. The number of amides is 1. The molecule has 0 N–H and O–H groups in total. The molecule has 2 aliphatic heterocycles. The molecule has 8 heteroatoms. The third-order valence-electron chi connectivity index (χ3n) is 11.1. The van der Waals surface area contributed by atoms with Crippen molar-refractivity contribution in [1.29, 1.82) is 5.26 Å². The van der Waals surface area contributed by atoms with E-state index in [0.717, 1.165) is 71.5 Å². The Bertz CT molecular complexity index is 1920. The van der Waals surface area contributed by atoms with E-state index in [1.165, 1.54) is 16.7 Å². The average molecular weight is 693 g/mol. The maximum atomic E-state index is 13.5. The highest BCUT2D eigenvalue weighted by atomic mass is 16.5. The summed E-state index contributed by atoms with van der Waals surface area (Å²) in [6.45, 7) is 18.9. The first-order valence-corrected chi connectivity index (χ1v) is 18.2. The fourth-order valence-corrected chi connectivity index (χ4v) is 8.13. The number of fused-ring (bicyclic) bond motifs is 1. The number of hydrogen-bond donors (Lipinski definition) is 0. The molecular weight excluding hydrogens is 636 g/mol. The van der Waals surface area contributed by atoms with Gasteiger partial charge in [0.1, 0.15) is 23.1 Å². The third kappa shape index (κ3) is 7.94. The van der Waals surface area contributed by atoms with Gasteiger partial charge < -0.3 is 18.9 Å². The van der Waals surface area contributed by atoms with Gasteiger partial charge in [0, 0.05) is 43.0 Å². The van der Waals surface area contributed by atoms with Crippen LogP contribution >= 0.6 is 0 Å². The summed E-state index contributed by atoms with van der Waals surface area (Å²) in [6.07, 6.45) is 7.58. The van der Waals surface area contributed by atoms with E-state index in [2.05, 4.69) is 62.1 Å². The van der Waals surface area contributed by atoms with Crippen LogP contribution in [0.5, 0.6) is 11.5 Å². The van der Waals surface area contributed by atoms with Gasteiger partial charge in [-0.15, -0.1) is 0 Å². The van der Waals surface area contributed by atoms with E-state index in [-0.39, 0.29) is 34.0 Å². The Kier molecular flexibility index (Phi) is 10.9. The summed E-state index contributed by atoms with van der Waals surface area (Å²) in [5.74, 6) is 1.90. The number of hydrogen-bond acceptors (Lipinski definition) is 6. The number of methoxy groups -OCH3 is 2. The van der Waals surface area contributed by atoms with Crippen LogP contribution in [-0.4, -0.2) is 53.1 Å². The van der Waals surface area contributed by atoms with Crippen LogP contribution in [0.4, 0.5) is 0 Å². The molecule has 0 radical (unpaired) electrons. The first-order chi connectivity index (χ1) is 24.0. The van der Waals surface area contributed by atoms with E-state index in [1.54, 1.807) is 31.9 Å². The summed E-state index contributed by atoms with van der Waals surface area (Å²) in [4.78, 5) is 30.4. The number of nitrogens with zero attached hydrogens (tertiary/aromatic N) is 4. The molecule has 0 spiro atoms. The predicted molar refractivity (Wildman–Crippen MR) is 204 cm³/mol. The van der Waals surface area contributed by atoms with Gasteiger partial charge >= 0.3 is 0 Å². The van der Waals surface area contributed by atoms with Crippen LogP contribution in [0.15, 0.2) is 53.0 Å². The van der Waals surface area contributed by atoms with E-state index in [0.29, 0.717) is 19.0 Å². The number of carbonyl (C=O) groups excluding carboxylic acids is 1. The highest BCUT2D eigenvalue weighted by Gasteiger charge is 2.36. The number of allylic oxidation sites excluding steroid dienone is 1. The summed E-state index contributed by atoms with van der Waals surface area (Å²) < 4.78 is 13.6. The Labute approximate surface area is 304 Å². The summed E-state index contributed by atoms with van der Waals surface area (Å²) in [7, 11) is 5.20. The van der Waals surface area contributed by atoms with Crippen LogP contribution in [0.2, 0.25) is 0 Å². The number of aromatic nitrogens is 1. The first kappa shape index (κ1) is 37.9. The number of benzene rings is 2. The number of pyridine rings is 1. The van der Waals surface area contributed by atoms with Gasteiger partial charge in [-0.25, -0.2) is 0 Å². The topological polar surface area (TPSA) is 87.8 Å². The molecule has 1 amide bonds. The highest BCUT2D eigenvalue weighted by molar-refractivity contribution is 5.97. The lowest BCUT2D eigenvalue weighted by Crippen LogP contribution is -2.49. The van der Waals surface area contributed by atoms with E-state index in [4.69, 9.17) is 9.47 Å². The zero-order chi connectivity index (χ0) is 37.4. The second-order valence-electron chi connectivity index (χ2n) is 16.4. The lowest BCUT2D eigenvalue weighted by Gasteiger charge is -2.46. The number of ether oxygens (including phenoxy) is 2. The minimum atomic E-state index is -0.249. The van der Waals surface area contributed by atoms with Crippen molar-refractivity contribution in [2.75, 3.05) is 27.3 Å². The molecule has 5 rings (SSSR count). The van der Waals surface area contributed by atoms with Crippen molar-refractivity contribution in [3.8, 4) is 28.7 Å². The Morgan fingerprint density at radius 2 is 1.73 bits per heavy atom. The quantitative estimate of drug-likeness (QED) is 0.177. The van der Waals surface area contributed by atoms with Crippen LogP contribution in [0.25, 0.3) is 11.1 Å². The van der Waals surface area contributed by atoms with Crippen molar-refractivity contribution in [2.24, 2.45) is 18.4 Å². The smallest absolute Gasteiger partial charge is 0.264 e. The fourth-order valence-electron chi connectivity index (χ4n) is 8.13. The van der Waals surface area contributed by atoms with Gasteiger partial charge in [0.2, 0.25) is 0 Å². The van der Waals surface area contributed by atoms with Gasteiger partial charge in [0.05, 0.1) is 25.8 Å². The van der Waals surface area contributed by atoms with E-state index < -0.39 is 0 Å². The largest absolute Gasteiger partial charge is 0.496 e. The van der Waals surface area contributed by atoms with Crippen LogP contribution < -0.4 is 15.0 Å². The molecule has 3 heterocycles. The Hall–Kier alpha value is -4.35. The van der Waals surface area contributed by atoms with Gasteiger partial charge in [0.15, 0.2) is 0 Å². The third-order valence-corrected chi connectivity index (χ3v) is 11.1. The van der Waals surface area contributed by atoms with Crippen molar-refractivity contribution in [3.63, 3.8) is 0 Å². The van der Waals surface area contributed by atoms with E-state index in [1.807, 2.05) is 45.7 Å². The molecule has 1 saturated heterocycles. The number of rotatable bonds is 8. The number of nitriles is 1. The molecule has 8 nitrogen and oxygen atoms in total. The SMILES string of the molecule is COc1cc(-c2cn(C)c(=O)c(C)c2C)cc(OC)c1CN1CCC(Cc2ccc3c(c2)C(C)N(C(=O)/C(C#N)=C/C(C)(C)C)CC3)CC1(C)C. The fraction of sp³-hybridized carbons (Fsp3) is 0.512.